The molecule has 1 aromatic carbocycles. The van der Waals surface area contributed by atoms with E-state index in [4.69, 9.17) is 15.2 Å². The number of nitrogens with one attached hydrogen (secondary N) is 2. The van der Waals surface area contributed by atoms with Gasteiger partial charge in [-0.15, -0.1) is 23.7 Å². The molecular weight excluding hydrogens is 570 g/mol. The molecule has 2 heterocycles. The van der Waals surface area contributed by atoms with E-state index in [0.29, 0.717) is 19.8 Å². The Kier molecular flexibility index (Phi) is 13.6. The second-order valence-electron chi connectivity index (χ2n) is 10.9. The number of thiazole rings is 1. The van der Waals surface area contributed by atoms with Crippen molar-refractivity contribution in [1.29, 1.82) is 0 Å². The van der Waals surface area contributed by atoms with Gasteiger partial charge in [-0.2, -0.15) is 0 Å². The van der Waals surface area contributed by atoms with E-state index in [9.17, 15) is 19.5 Å². The molecule has 41 heavy (non-hydrogen) atoms. The molecular formula is C28H42ClN5O6S. The Morgan fingerprint density at radius 1 is 1.17 bits per heavy atom. The number of nitrogens with two attached hydrogens (primary N) is 1. The van der Waals surface area contributed by atoms with Crippen LogP contribution in [0.15, 0.2) is 29.8 Å². The van der Waals surface area contributed by atoms with Crippen molar-refractivity contribution in [3.05, 3.63) is 41.0 Å². The molecule has 0 spiro atoms. The van der Waals surface area contributed by atoms with Crippen LogP contribution in [0.1, 0.15) is 38.4 Å². The number of carbonyl (C=O) groups excluding carboxylic acids is 3. The van der Waals surface area contributed by atoms with Gasteiger partial charge in [0.1, 0.15) is 18.7 Å². The minimum atomic E-state index is -0.916. The number of ether oxygens (including phenoxy) is 2. The number of hydrogen-bond acceptors (Lipinski definition) is 9. The van der Waals surface area contributed by atoms with Crippen LogP contribution in [0, 0.1) is 12.3 Å². The van der Waals surface area contributed by atoms with Crippen LogP contribution >= 0.6 is 23.7 Å². The first kappa shape index (κ1) is 34.6. The second kappa shape index (κ2) is 16.1. The molecule has 11 nitrogen and oxygen atoms in total. The van der Waals surface area contributed by atoms with Crippen LogP contribution in [0.3, 0.4) is 0 Å². The Balaban J connectivity index is 0.00000588. The molecule has 2 aromatic rings. The molecule has 228 valence electrons. The van der Waals surface area contributed by atoms with Gasteiger partial charge in [-0.3, -0.25) is 14.4 Å². The van der Waals surface area contributed by atoms with Crippen molar-refractivity contribution in [1.82, 2.24) is 20.5 Å². The van der Waals surface area contributed by atoms with Crippen LogP contribution in [0.25, 0.3) is 10.4 Å². The lowest BCUT2D eigenvalue weighted by molar-refractivity contribution is -0.144. The summed E-state index contributed by atoms with van der Waals surface area (Å²) in [6.45, 7) is 8.85. The van der Waals surface area contributed by atoms with E-state index >= 15 is 0 Å². The zero-order chi connectivity index (χ0) is 29.3. The van der Waals surface area contributed by atoms with Gasteiger partial charge in [0.2, 0.25) is 17.7 Å². The highest BCUT2D eigenvalue weighted by molar-refractivity contribution is 7.13. The van der Waals surface area contributed by atoms with Crippen molar-refractivity contribution in [2.45, 2.75) is 58.8 Å². The summed E-state index contributed by atoms with van der Waals surface area (Å²) in [6.07, 6.45) is -0.715. The first-order chi connectivity index (χ1) is 19.0. The molecule has 3 rings (SSSR count). The molecule has 1 aromatic heterocycles. The third-order valence-corrected chi connectivity index (χ3v) is 7.56. The number of aromatic nitrogens is 1. The van der Waals surface area contributed by atoms with E-state index in [2.05, 4.69) is 15.6 Å². The summed E-state index contributed by atoms with van der Waals surface area (Å²) in [5, 5.41) is 16.0. The molecule has 1 fully saturated rings. The number of aliphatic hydroxyl groups excluding tert-OH is 1. The molecule has 0 saturated carbocycles. The lowest BCUT2D eigenvalue weighted by Crippen LogP contribution is -2.58. The Morgan fingerprint density at radius 3 is 2.46 bits per heavy atom. The molecule has 1 aliphatic rings. The van der Waals surface area contributed by atoms with Gasteiger partial charge < -0.3 is 35.8 Å². The van der Waals surface area contributed by atoms with Gasteiger partial charge in [-0.05, 0) is 23.5 Å². The summed E-state index contributed by atoms with van der Waals surface area (Å²) in [6, 6.07) is 6.10. The maximum atomic E-state index is 13.6. The van der Waals surface area contributed by atoms with E-state index in [1.54, 1.807) is 11.3 Å². The summed E-state index contributed by atoms with van der Waals surface area (Å²) in [4.78, 5) is 46.1. The topological polar surface area (TPSA) is 156 Å². The zero-order valence-electron chi connectivity index (χ0n) is 24.1. The number of amides is 3. The molecule has 1 aliphatic heterocycles. The monoisotopic (exact) mass is 611 g/mol. The molecule has 0 bridgehead atoms. The Bertz CT molecular complexity index is 1140. The molecule has 5 N–H and O–H groups in total. The number of carbonyl (C=O) groups is 3. The summed E-state index contributed by atoms with van der Waals surface area (Å²) >= 11 is 1.58. The van der Waals surface area contributed by atoms with E-state index in [-0.39, 0.29) is 51.0 Å². The maximum absolute atomic E-state index is 13.6. The summed E-state index contributed by atoms with van der Waals surface area (Å²) in [7, 11) is 0. The van der Waals surface area contributed by atoms with E-state index < -0.39 is 35.4 Å². The van der Waals surface area contributed by atoms with Crippen molar-refractivity contribution in [2.75, 3.05) is 39.5 Å². The molecule has 3 atom stereocenters. The predicted molar refractivity (Wildman–Crippen MR) is 160 cm³/mol. The third kappa shape index (κ3) is 10.0. The molecule has 0 aliphatic carbocycles. The molecule has 1 saturated heterocycles. The molecule has 3 unspecified atom stereocenters. The summed E-state index contributed by atoms with van der Waals surface area (Å²) in [5.74, 6) is -1.23. The zero-order valence-corrected chi connectivity index (χ0v) is 25.7. The molecule has 0 radical (unpaired) electrons. The first-order valence-corrected chi connectivity index (χ1v) is 14.3. The van der Waals surface area contributed by atoms with Gasteiger partial charge in [-0.25, -0.2) is 4.98 Å². The van der Waals surface area contributed by atoms with Crippen molar-refractivity contribution >= 4 is 41.5 Å². The number of hydrogen-bond donors (Lipinski definition) is 4. The lowest BCUT2D eigenvalue weighted by atomic mass is 9.85. The number of halogens is 1. The number of rotatable bonds is 13. The fourth-order valence-corrected chi connectivity index (χ4v) is 5.26. The Hall–Kier alpha value is -2.61. The average molecular weight is 612 g/mol. The molecule has 3 amide bonds. The number of benzene rings is 1. The minimum Gasteiger partial charge on any atom is -0.391 e. The van der Waals surface area contributed by atoms with Crippen LogP contribution in [-0.2, 0) is 30.4 Å². The van der Waals surface area contributed by atoms with Gasteiger partial charge in [0.15, 0.2) is 0 Å². The van der Waals surface area contributed by atoms with E-state index in [0.717, 1.165) is 21.7 Å². The quantitative estimate of drug-likeness (QED) is 0.249. The number of likely N-dealkylation sites (tertiary alicyclic amines) is 1. The number of β-amino-alcohol motifs (C(OH)–C–C–N with tert-alkyl or cyclic N) is 1. The fourth-order valence-electron chi connectivity index (χ4n) is 4.45. The Labute approximate surface area is 251 Å². The summed E-state index contributed by atoms with van der Waals surface area (Å²) < 4.78 is 10.6. The second-order valence-corrected chi connectivity index (χ2v) is 11.8. The van der Waals surface area contributed by atoms with Crippen molar-refractivity contribution < 1.29 is 29.0 Å². The minimum absolute atomic E-state index is 0. The van der Waals surface area contributed by atoms with Crippen molar-refractivity contribution in [3.63, 3.8) is 0 Å². The van der Waals surface area contributed by atoms with Crippen molar-refractivity contribution in [3.8, 4) is 10.4 Å². The van der Waals surface area contributed by atoms with Crippen LogP contribution < -0.4 is 16.4 Å². The maximum Gasteiger partial charge on any atom is 0.246 e. The van der Waals surface area contributed by atoms with Gasteiger partial charge in [0.25, 0.3) is 0 Å². The van der Waals surface area contributed by atoms with E-state index in [1.807, 2.05) is 57.5 Å². The number of aryl methyl sites for hydroxylation is 1. The van der Waals surface area contributed by atoms with Crippen LogP contribution in [0.4, 0.5) is 0 Å². The van der Waals surface area contributed by atoms with Crippen LogP contribution in [0.5, 0.6) is 0 Å². The standard InChI is InChI=1S/C28H41N5O6S.ClH/c1-18-24(40-17-31-18)20-7-5-19(6-8-20)14-30-26(36)22-13-21(34)15-33(22)27(37)25(28(2,3)4)32-23(35)16-39-12-11-38-10-9-29;/h5-8,17,21-22,25,34H,9-16,29H2,1-4H3,(H,30,36)(H,32,35);1H. The predicted octanol–water partition coefficient (Wildman–Crippen LogP) is 1.64. The normalized spacial score (nSPS) is 17.6. The van der Waals surface area contributed by atoms with E-state index in [1.165, 1.54) is 4.90 Å². The SMILES string of the molecule is Cc1ncsc1-c1ccc(CNC(=O)C2CC(O)CN2C(=O)C(NC(=O)COCCOCCN)C(C)(C)C)cc1.Cl. The summed E-state index contributed by atoms with van der Waals surface area (Å²) in [5.41, 5.74) is 9.47. The van der Waals surface area contributed by atoms with Gasteiger partial charge in [0, 0.05) is 26.1 Å². The third-order valence-electron chi connectivity index (χ3n) is 6.58. The first-order valence-electron chi connectivity index (χ1n) is 13.4. The van der Waals surface area contributed by atoms with Crippen LogP contribution in [-0.4, -0.2) is 90.4 Å². The molecule has 13 heteroatoms. The highest BCUT2D eigenvalue weighted by Crippen LogP contribution is 2.28. The van der Waals surface area contributed by atoms with Crippen molar-refractivity contribution in [2.24, 2.45) is 11.1 Å². The van der Waals surface area contributed by atoms with Gasteiger partial charge in [-0.1, -0.05) is 45.0 Å². The number of aliphatic hydroxyl groups is 1. The van der Waals surface area contributed by atoms with Gasteiger partial charge >= 0.3 is 0 Å². The van der Waals surface area contributed by atoms with Gasteiger partial charge in [0.05, 0.1) is 42.0 Å². The fraction of sp³-hybridized carbons (Fsp3) is 0.571. The highest BCUT2D eigenvalue weighted by Gasteiger charge is 2.44. The smallest absolute Gasteiger partial charge is 0.246 e. The number of nitrogens with zero attached hydrogens (tertiary/aromatic N) is 2. The highest BCUT2D eigenvalue weighted by atomic mass is 35.5. The lowest BCUT2D eigenvalue weighted by Gasteiger charge is -2.35. The Morgan fingerprint density at radius 2 is 1.85 bits per heavy atom. The largest absolute Gasteiger partial charge is 0.391 e. The average Bonchev–Trinajstić information content (AvgIpc) is 3.52. The van der Waals surface area contributed by atoms with Crippen LogP contribution in [0.2, 0.25) is 0 Å².